The predicted molar refractivity (Wildman–Crippen MR) is 112 cm³/mol. The van der Waals surface area contributed by atoms with E-state index in [1.165, 1.54) is 0 Å². The van der Waals surface area contributed by atoms with Gasteiger partial charge in [0.1, 0.15) is 0 Å². The Hall–Kier alpha value is -1.55. The molecule has 2 aromatic rings. The maximum Gasteiger partial charge on any atom is 0.326 e. The highest BCUT2D eigenvalue weighted by Crippen LogP contribution is 2.35. The van der Waals surface area contributed by atoms with Crippen LogP contribution in [-0.4, -0.2) is 22.8 Å². The highest BCUT2D eigenvalue weighted by molar-refractivity contribution is 5.75. The first-order chi connectivity index (χ1) is 11.9. The minimum absolute atomic E-state index is 0.0156. The van der Waals surface area contributed by atoms with Gasteiger partial charge in [0.15, 0.2) is 0 Å². The molecule has 0 aliphatic carbocycles. The number of nitrogens with one attached hydrogen (secondary N) is 1. The topological polar surface area (TPSA) is 47.0 Å². The first-order valence-electron chi connectivity index (χ1n) is 9.68. The molecule has 1 N–H and O–H groups in total. The molecule has 1 aromatic heterocycles. The minimum Gasteiger partial charge on any atom is -0.381 e. The first-order valence-corrected chi connectivity index (χ1v) is 9.68. The Labute approximate surface area is 159 Å². The number of ether oxygens (including phenoxy) is 1. The molecule has 0 aliphatic rings. The maximum absolute atomic E-state index is 12.3. The van der Waals surface area contributed by atoms with Gasteiger partial charge in [-0.3, -0.25) is 4.57 Å². The third-order valence-electron chi connectivity index (χ3n) is 5.37. The zero-order valence-corrected chi connectivity index (χ0v) is 18.1. The average molecular weight is 363 g/mol. The summed E-state index contributed by atoms with van der Waals surface area (Å²) in [6.45, 7) is 17.4. The number of benzene rings is 1. The van der Waals surface area contributed by atoms with Gasteiger partial charge in [0, 0.05) is 12.6 Å². The number of imidazole rings is 1. The van der Waals surface area contributed by atoms with E-state index in [2.05, 4.69) is 60.4 Å². The predicted octanol–water partition coefficient (Wildman–Crippen LogP) is 5.57. The molecule has 4 nitrogen and oxygen atoms in total. The summed E-state index contributed by atoms with van der Waals surface area (Å²) in [7, 11) is 1.74. The number of para-hydroxylation sites is 2. The molecule has 0 fully saturated rings. The van der Waals surface area contributed by atoms with E-state index in [-0.39, 0.29) is 16.6 Å². The van der Waals surface area contributed by atoms with E-state index < -0.39 is 0 Å². The van der Waals surface area contributed by atoms with Crippen LogP contribution in [0.25, 0.3) is 11.0 Å². The van der Waals surface area contributed by atoms with E-state index in [0.717, 1.165) is 23.9 Å². The second kappa shape index (κ2) is 8.90. The monoisotopic (exact) mass is 362 g/mol. The summed E-state index contributed by atoms with van der Waals surface area (Å²) in [5, 5.41) is 0. The number of aromatic amines is 1. The fourth-order valence-corrected chi connectivity index (χ4v) is 3.30. The number of fused-ring (bicyclic) bond motifs is 1. The Balaban J connectivity index is 0.000000412. The van der Waals surface area contributed by atoms with E-state index in [4.69, 9.17) is 4.74 Å². The molecule has 2 rings (SSSR count). The van der Waals surface area contributed by atoms with Crippen molar-refractivity contribution in [2.75, 3.05) is 7.11 Å². The molecule has 148 valence electrons. The molecule has 1 unspecified atom stereocenters. The molecule has 26 heavy (non-hydrogen) atoms. The zero-order valence-electron chi connectivity index (χ0n) is 18.1. The van der Waals surface area contributed by atoms with Crippen LogP contribution in [0.5, 0.6) is 0 Å². The Morgan fingerprint density at radius 2 is 1.69 bits per heavy atom. The van der Waals surface area contributed by atoms with Crippen LogP contribution in [0, 0.1) is 11.3 Å². The van der Waals surface area contributed by atoms with Crippen molar-refractivity contribution in [3.63, 3.8) is 0 Å². The summed E-state index contributed by atoms with van der Waals surface area (Å²) in [5.41, 5.74) is 1.91. The van der Waals surface area contributed by atoms with Crippen LogP contribution in [0.1, 0.15) is 68.2 Å². The summed E-state index contributed by atoms with van der Waals surface area (Å²) < 4.78 is 6.91. The summed E-state index contributed by atoms with van der Waals surface area (Å²) in [4.78, 5) is 15.2. The number of methoxy groups -OCH3 is 1. The van der Waals surface area contributed by atoms with Crippen molar-refractivity contribution < 1.29 is 4.74 Å². The van der Waals surface area contributed by atoms with Crippen molar-refractivity contribution in [3.8, 4) is 0 Å². The van der Waals surface area contributed by atoms with E-state index in [1.54, 1.807) is 7.11 Å². The fraction of sp³-hybridized carbons (Fsp3) is 0.682. The number of hydrogen-bond acceptors (Lipinski definition) is 2. The fourth-order valence-electron chi connectivity index (χ4n) is 3.30. The Kier molecular flexibility index (Phi) is 7.70. The second-order valence-electron chi connectivity index (χ2n) is 8.97. The molecule has 0 aliphatic heterocycles. The Morgan fingerprint density at radius 3 is 2.15 bits per heavy atom. The van der Waals surface area contributed by atoms with Crippen LogP contribution in [0.2, 0.25) is 0 Å². The number of nitrogens with zero attached hydrogens (tertiary/aromatic N) is 1. The van der Waals surface area contributed by atoms with Crippen LogP contribution in [0.4, 0.5) is 0 Å². The molecule has 0 saturated carbocycles. The zero-order chi connectivity index (χ0) is 20.1. The summed E-state index contributed by atoms with van der Waals surface area (Å²) in [5.74, 6) is 0.644. The average Bonchev–Trinajstić information content (AvgIpc) is 2.90. The normalized spacial score (nSPS) is 13.6. The summed E-state index contributed by atoms with van der Waals surface area (Å²) in [6, 6.07) is 7.89. The third-order valence-corrected chi connectivity index (χ3v) is 5.37. The van der Waals surface area contributed by atoms with Crippen LogP contribution in [0.15, 0.2) is 29.1 Å². The molecular formula is C22H38N2O2. The highest BCUT2D eigenvalue weighted by Gasteiger charge is 2.31. The number of H-pyrrole nitrogens is 1. The van der Waals surface area contributed by atoms with Gasteiger partial charge in [-0.15, -0.1) is 0 Å². The summed E-state index contributed by atoms with van der Waals surface area (Å²) >= 11 is 0. The molecule has 0 spiro atoms. The highest BCUT2D eigenvalue weighted by atomic mass is 16.5. The molecule has 0 radical (unpaired) electrons. The van der Waals surface area contributed by atoms with Crippen molar-refractivity contribution >= 4 is 11.0 Å². The smallest absolute Gasteiger partial charge is 0.326 e. The Morgan fingerprint density at radius 1 is 1.12 bits per heavy atom. The van der Waals surface area contributed by atoms with Crippen LogP contribution in [0.3, 0.4) is 0 Å². The van der Waals surface area contributed by atoms with Gasteiger partial charge in [0.05, 0.1) is 17.1 Å². The van der Waals surface area contributed by atoms with Gasteiger partial charge >= 0.3 is 5.69 Å². The summed E-state index contributed by atoms with van der Waals surface area (Å²) in [6.07, 6.45) is 2.48. The van der Waals surface area contributed by atoms with Gasteiger partial charge < -0.3 is 9.72 Å². The van der Waals surface area contributed by atoms with E-state index >= 15 is 0 Å². The van der Waals surface area contributed by atoms with E-state index in [0.29, 0.717) is 12.0 Å². The van der Waals surface area contributed by atoms with Crippen molar-refractivity contribution in [3.05, 3.63) is 34.7 Å². The quantitative estimate of drug-likeness (QED) is 0.730. The van der Waals surface area contributed by atoms with Crippen molar-refractivity contribution in [2.45, 2.75) is 79.9 Å². The van der Waals surface area contributed by atoms with Gasteiger partial charge in [0.25, 0.3) is 0 Å². The van der Waals surface area contributed by atoms with Crippen LogP contribution >= 0.6 is 0 Å². The molecule has 1 atom stereocenters. The van der Waals surface area contributed by atoms with Gasteiger partial charge in [-0.05, 0) is 50.7 Å². The molecule has 1 aromatic carbocycles. The number of aromatic nitrogens is 2. The maximum atomic E-state index is 12.3. The van der Waals surface area contributed by atoms with Gasteiger partial charge in [-0.2, -0.15) is 0 Å². The van der Waals surface area contributed by atoms with Crippen LogP contribution in [-0.2, 0) is 10.3 Å². The van der Waals surface area contributed by atoms with Gasteiger partial charge in [-0.1, -0.05) is 53.2 Å². The lowest BCUT2D eigenvalue weighted by atomic mass is 9.78. The minimum atomic E-state index is -0.198. The third kappa shape index (κ3) is 5.73. The molecular weight excluding hydrogens is 324 g/mol. The standard InChI is InChI=1S/C16H24N2O.C6H14O/c1-6-15(2,3)11-16(4,5)18-13-10-8-7-9-12(13)17-14(18)19;1-5(2)6(3)7-4/h7-10H,6,11H2,1-5H3,(H,17,19);5-6H,1-4H3. The first kappa shape index (κ1) is 22.5. The lowest BCUT2D eigenvalue weighted by molar-refractivity contribution is 0.0805. The largest absolute Gasteiger partial charge is 0.381 e. The van der Waals surface area contributed by atoms with Gasteiger partial charge in [0.2, 0.25) is 0 Å². The molecule has 0 amide bonds. The molecule has 4 heteroatoms. The molecule has 0 saturated heterocycles. The lowest BCUT2D eigenvalue weighted by Gasteiger charge is -2.35. The number of hydrogen-bond donors (Lipinski definition) is 1. The van der Waals surface area contributed by atoms with Crippen molar-refractivity contribution in [1.29, 1.82) is 0 Å². The second-order valence-corrected chi connectivity index (χ2v) is 8.97. The lowest BCUT2D eigenvalue weighted by Crippen LogP contribution is -2.38. The van der Waals surface area contributed by atoms with Crippen LogP contribution < -0.4 is 5.69 Å². The van der Waals surface area contributed by atoms with Gasteiger partial charge in [-0.25, -0.2) is 4.79 Å². The SMILES string of the molecule is CCC(C)(C)CC(C)(C)n1c(=O)[nH]c2ccccc21.COC(C)C(C)C. The van der Waals surface area contributed by atoms with E-state index in [9.17, 15) is 4.79 Å². The van der Waals surface area contributed by atoms with Crippen molar-refractivity contribution in [1.82, 2.24) is 9.55 Å². The molecule has 0 bridgehead atoms. The Bertz CT molecular complexity index is 738. The van der Waals surface area contributed by atoms with Crippen molar-refractivity contribution in [2.24, 2.45) is 11.3 Å². The number of rotatable bonds is 6. The van der Waals surface area contributed by atoms with E-state index in [1.807, 2.05) is 28.8 Å². The molecule has 1 heterocycles.